The summed E-state index contributed by atoms with van der Waals surface area (Å²) >= 11 is 10.7. The van der Waals surface area contributed by atoms with Crippen LogP contribution in [0.5, 0.6) is 0 Å². The number of rotatable bonds is 6. The molecule has 0 saturated heterocycles. The van der Waals surface area contributed by atoms with Crippen molar-refractivity contribution in [3.63, 3.8) is 0 Å². The summed E-state index contributed by atoms with van der Waals surface area (Å²) in [6.45, 7) is 3.92. The predicted octanol–water partition coefficient (Wildman–Crippen LogP) is 2.15. The fourth-order valence-electron chi connectivity index (χ4n) is 0.815. The lowest BCUT2D eigenvalue weighted by molar-refractivity contribution is -0.140. The van der Waals surface area contributed by atoms with Gasteiger partial charge in [-0.15, -0.1) is 0 Å². The Morgan fingerprint density at radius 3 is 2.50 bits per heavy atom. The normalized spacial score (nSPS) is 11.4. The average molecular weight is 268 g/mol. The van der Waals surface area contributed by atoms with Crippen molar-refractivity contribution in [1.29, 1.82) is 0 Å². The van der Waals surface area contributed by atoms with E-state index in [1.807, 2.05) is 6.92 Å². The fourth-order valence-corrected chi connectivity index (χ4v) is 0.924. The van der Waals surface area contributed by atoms with Gasteiger partial charge in [-0.1, -0.05) is 42.6 Å². The van der Waals surface area contributed by atoms with Crippen molar-refractivity contribution >= 4 is 35.1 Å². The summed E-state index contributed by atoms with van der Waals surface area (Å²) in [5.74, 6) is -1.23. The number of unbranched alkanes of at least 4 members (excludes halogenated alkanes) is 1. The zero-order valence-electron chi connectivity index (χ0n) is 9.26. The number of amides is 1. The topological polar surface area (TPSA) is 55.4 Å². The highest BCUT2D eigenvalue weighted by Crippen LogP contribution is 2.04. The zero-order chi connectivity index (χ0) is 12.6. The van der Waals surface area contributed by atoms with Gasteiger partial charge < -0.3 is 10.1 Å². The van der Waals surface area contributed by atoms with Crippen molar-refractivity contribution in [1.82, 2.24) is 5.32 Å². The van der Waals surface area contributed by atoms with Gasteiger partial charge in [0.25, 0.3) is 5.91 Å². The van der Waals surface area contributed by atoms with E-state index < -0.39 is 16.7 Å². The molecule has 0 aromatic heterocycles. The van der Waals surface area contributed by atoms with Gasteiger partial charge in [0.1, 0.15) is 5.70 Å². The molecule has 1 N–H and O–H groups in total. The summed E-state index contributed by atoms with van der Waals surface area (Å²) in [5, 5.41) is 2.28. The van der Waals surface area contributed by atoms with Crippen molar-refractivity contribution in [3.05, 3.63) is 11.8 Å². The first-order chi connectivity index (χ1) is 7.52. The van der Waals surface area contributed by atoms with Gasteiger partial charge in [-0.05, 0) is 13.3 Å². The molecule has 0 fully saturated rings. The molecular weight excluding hydrogens is 253 g/mol. The van der Waals surface area contributed by atoms with Crippen LogP contribution in [-0.2, 0) is 14.3 Å². The average Bonchev–Trinajstić information content (AvgIpc) is 2.25. The molecule has 0 spiro atoms. The van der Waals surface area contributed by atoms with E-state index >= 15 is 0 Å². The van der Waals surface area contributed by atoms with Crippen molar-refractivity contribution in [2.75, 3.05) is 6.61 Å². The van der Waals surface area contributed by atoms with Gasteiger partial charge in [0.15, 0.2) is 4.84 Å². The van der Waals surface area contributed by atoms with Crippen LogP contribution < -0.4 is 5.32 Å². The number of allylic oxidation sites excluding steroid dienone is 1. The first kappa shape index (κ1) is 15.3. The first-order valence-corrected chi connectivity index (χ1v) is 5.82. The summed E-state index contributed by atoms with van der Waals surface area (Å²) in [6, 6.07) is 0. The number of ether oxygens (including phenoxy) is 1. The summed E-state index contributed by atoms with van der Waals surface area (Å²) in [5.41, 5.74) is 0.0485. The maximum absolute atomic E-state index is 11.4. The number of hydrogen-bond donors (Lipinski definition) is 1. The van der Waals surface area contributed by atoms with Gasteiger partial charge in [-0.25, -0.2) is 4.79 Å². The van der Waals surface area contributed by atoms with Crippen molar-refractivity contribution < 1.29 is 14.3 Å². The van der Waals surface area contributed by atoms with Crippen LogP contribution in [0.25, 0.3) is 0 Å². The molecule has 0 radical (unpaired) electrons. The molecule has 0 unspecified atom stereocenters. The van der Waals surface area contributed by atoms with E-state index in [0.717, 1.165) is 12.8 Å². The second kappa shape index (κ2) is 8.42. The van der Waals surface area contributed by atoms with Crippen LogP contribution in [-0.4, -0.2) is 23.3 Å². The molecule has 0 aliphatic rings. The Kier molecular flexibility index (Phi) is 8.03. The Hall–Kier alpha value is -0.740. The maximum atomic E-state index is 11.4. The molecule has 0 heterocycles. The Labute approximate surface area is 105 Å². The Morgan fingerprint density at radius 1 is 1.44 bits per heavy atom. The maximum Gasteiger partial charge on any atom is 0.354 e. The highest BCUT2D eigenvalue weighted by atomic mass is 35.5. The lowest BCUT2D eigenvalue weighted by Gasteiger charge is -2.09. The predicted molar refractivity (Wildman–Crippen MR) is 63.3 cm³/mol. The van der Waals surface area contributed by atoms with Crippen molar-refractivity contribution in [2.24, 2.45) is 0 Å². The van der Waals surface area contributed by atoms with E-state index in [-0.39, 0.29) is 5.70 Å². The zero-order valence-corrected chi connectivity index (χ0v) is 10.8. The highest BCUT2D eigenvalue weighted by Gasteiger charge is 2.17. The molecule has 0 aromatic rings. The van der Waals surface area contributed by atoms with Gasteiger partial charge in [0.05, 0.1) is 6.61 Å². The van der Waals surface area contributed by atoms with E-state index in [1.54, 1.807) is 6.92 Å². The van der Waals surface area contributed by atoms with Gasteiger partial charge in [0, 0.05) is 0 Å². The molecule has 0 aliphatic heterocycles. The van der Waals surface area contributed by atoms with E-state index in [0.29, 0.717) is 6.61 Å². The summed E-state index contributed by atoms with van der Waals surface area (Å²) < 4.78 is 4.91. The van der Waals surface area contributed by atoms with E-state index in [1.165, 1.54) is 6.08 Å². The molecule has 92 valence electrons. The largest absolute Gasteiger partial charge is 0.461 e. The molecule has 0 saturated carbocycles. The number of alkyl halides is 2. The standard InChI is InChI=1S/C10H15Cl2NO3/c1-3-5-6-16-10(15)7(4-2)13-9(14)8(11)12/h4,8H,3,5-6H2,1-2H3,(H,13,14). The van der Waals surface area contributed by atoms with Crippen LogP contribution in [0.1, 0.15) is 26.7 Å². The SMILES string of the molecule is CC=C(NC(=O)C(Cl)Cl)C(=O)OCCCC. The number of carbonyl (C=O) groups is 2. The second-order valence-electron chi connectivity index (χ2n) is 2.98. The van der Waals surface area contributed by atoms with Gasteiger partial charge in [0.2, 0.25) is 0 Å². The van der Waals surface area contributed by atoms with E-state index in [9.17, 15) is 9.59 Å². The summed E-state index contributed by atoms with van der Waals surface area (Å²) in [6.07, 6.45) is 3.14. The molecule has 0 atom stereocenters. The van der Waals surface area contributed by atoms with Gasteiger partial charge in [-0.2, -0.15) is 0 Å². The summed E-state index contributed by atoms with van der Waals surface area (Å²) in [7, 11) is 0. The highest BCUT2D eigenvalue weighted by molar-refractivity contribution is 6.53. The van der Waals surface area contributed by atoms with Gasteiger partial charge >= 0.3 is 5.97 Å². The Bertz CT molecular complexity index is 277. The molecule has 0 bridgehead atoms. The van der Waals surface area contributed by atoms with Crippen molar-refractivity contribution in [2.45, 2.75) is 31.5 Å². The van der Waals surface area contributed by atoms with Crippen LogP contribution in [0.15, 0.2) is 11.8 Å². The minimum atomic E-state index is -1.21. The third kappa shape index (κ3) is 5.98. The number of halogens is 2. The van der Waals surface area contributed by atoms with Crippen molar-refractivity contribution in [3.8, 4) is 0 Å². The summed E-state index contributed by atoms with van der Waals surface area (Å²) in [4.78, 5) is 21.3. The third-order valence-electron chi connectivity index (χ3n) is 1.70. The molecule has 16 heavy (non-hydrogen) atoms. The first-order valence-electron chi connectivity index (χ1n) is 4.95. The molecule has 6 heteroatoms. The Balaban J connectivity index is 4.19. The van der Waals surface area contributed by atoms with Crippen LogP contribution in [0, 0.1) is 0 Å². The van der Waals surface area contributed by atoms with Crippen LogP contribution in [0.4, 0.5) is 0 Å². The molecular formula is C10H15Cl2NO3. The van der Waals surface area contributed by atoms with Crippen LogP contribution in [0.2, 0.25) is 0 Å². The van der Waals surface area contributed by atoms with Crippen LogP contribution in [0.3, 0.4) is 0 Å². The lowest BCUT2D eigenvalue weighted by Crippen LogP contribution is -2.32. The number of hydrogen-bond acceptors (Lipinski definition) is 3. The smallest absolute Gasteiger partial charge is 0.354 e. The quantitative estimate of drug-likeness (QED) is 0.347. The molecule has 0 aliphatic carbocycles. The molecule has 0 aromatic carbocycles. The third-order valence-corrected chi connectivity index (χ3v) is 2.09. The number of esters is 1. The van der Waals surface area contributed by atoms with E-state index in [4.69, 9.17) is 27.9 Å². The number of nitrogens with one attached hydrogen (secondary N) is 1. The molecule has 0 rings (SSSR count). The minimum Gasteiger partial charge on any atom is -0.461 e. The molecule has 1 amide bonds. The fraction of sp³-hybridized carbons (Fsp3) is 0.600. The second-order valence-corrected chi connectivity index (χ2v) is 4.08. The monoisotopic (exact) mass is 267 g/mol. The van der Waals surface area contributed by atoms with E-state index in [2.05, 4.69) is 5.32 Å². The Morgan fingerprint density at radius 2 is 2.06 bits per heavy atom. The van der Waals surface area contributed by atoms with Crippen LogP contribution >= 0.6 is 23.2 Å². The number of carbonyl (C=O) groups excluding carboxylic acids is 2. The molecule has 4 nitrogen and oxygen atoms in total. The van der Waals surface area contributed by atoms with Gasteiger partial charge in [-0.3, -0.25) is 4.79 Å². The minimum absolute atomic E-state index is 0.0485. The lowest BCUT2D eigenvalue weighted by atomic mass is 10.3.